The van der Waals surface area contributed by atoms with Gasteiger partial charge in [0.2, 0.25) is 0 Å². The number of hydrogen-bond acceptors (Lipinski definition) is 2. The average Bonchev–Trinajstić information content (AvgIpc) is 2.54. The molecule has 0 amide bonds. The fourth-order valence-electron chi connectivity index (χ4n) is 3.01. The maximum atomic E-state index is 9.62. The third kappa shape index (κ3) is 7.52. The lowest BCUT2D eigenvalue weighted by atomic mass is 9.87. The number of aliphatic hydroxyl groups excluding tert-OH is 1. The summed E-state index contributed by atoms with van der Waals surface area (Å²) in [7, 11) is 0. The minimum absolute atomic E-state index is 0. The van der Waals surface area contributed by atoms with Gasteiger partial charge in [-0.15, -0.1) is 24.0 Å². The first kappa shape index (κ1) is 22.2. The second-order valence-electron chi connectivity index (χ2n) is 7.79. The largest absolute Gasteiger partial charge is 0.393 e. The Hall–Kier alpha value is -0.820. The van der Waals surface area contributed by atoms with Crippen molar-refractivity contribution >= 4 is 29.9 Å². The van der Waals surface area contributed by atoms with Crippen LogP contribution in [0.25, 0.3) is 0 Å². The summed E-state index contributed by atoms with van der Waals surface area (Å²) in [6.45, 7) is 10.3. The molecule has 0 radical (unpaired) electrons. The van der Waals surface area contributed by atoms with E-state index in [1.54, 1.807) is 0 Å². The molecule has 0 aliphatic heterocycles. The van der Waals surface area contributed by atoms with Crippen molar-refractivity contribution in [1.29, 1.82) is 0 Å². The van der Waals surface area contributed by atoms with Gasteiger partial charge >= 0.3 is 0 Å². The van der Waals surface area contributed by atoms with Crippen molar-refractivity contribution in [3.8, 4) is 0 Å². The third-order valence-electron chi connectivity index (χ3n) is 4.62. The van der Waals surface area contributed by atoms with Crippen LogP contribution in [0.15, 0.2) is 29.3 Å². The van der Waals surface area contributed by atoms with E-state index in [0.717, 1.165) is 38.2 Å². The SMILES string of the molecule is CCNC(=NCc1ccc(C(C)(C)C)cc1)NC1CCC(O)CC1.I. The summed E-state index contributed by atoms with van der Waals surface area (Å²) in [5, 5.41) is 16.5. The molecule has 1 saturated carbocycles. The van der Waals surface area contributed by atoms with Gasteiger partial charge in [-0.2, -0.15) is 0 Å². The number of hydrogen-bond donors (Lipinski definition) is 3. The Morgan fingerprint density at radius 3 is 2.24 bits per heavy atom. The van der Waals surface area contributed by atoms with Gasteiger partial charge in [-0.3, -0.25) is 0 Å². The number of aliphatic hydroxyl groups is 1. The first-order chi connectivity index (χ1) is 11.4. The number of halogens is 1. The van der Waals surface area contributed by atoms with E-state index in [4.69, 9.17) is 4.99 Å². The lowest BCUT2D eigenvalue weighted by Gasteiger charge is -2.27. The van der Waals surface area contributed by atoms with Crippen LogP contribution in [0.3, 0.4) is 0 Å². The van der Waals surface area contributed by atoms with E-state index in [0.29, 0.717) is 12.6 Å². The quantitative estimate of drug-likeness (QED) is 0.363. The number of benzene rings is 1. The smallest absolute Gasteiger partial charge is 0.191 e. The standard InChI is InChI=1S/C20H33N3O.HI/c1-5-21-19(23-17-10-12-18(24)13-11-17)22-14-15-6-8-16(9-7-15)20(2,3)4;/h6-9,17-18,24H,5,10-14H2,1-4H3,(H2,21,22,23);1H. The molecule has 1 aliphatic carbocycles. The summed E-state index contributed by atoms with van der Waals surface area (Å²) in [5.41, 5.74) is 2.75. The Balaban J connectivity index is 0.00000312. The number of aliphatic imine (C=N–C) groups is 1. The normalized spacial score (nSPS) is 21.4. The highest BCUT2D eigenvalue weighted by atomic mass is 127. The molecule has 0 aromatic heterocycles. The molecule has 0 saturated heterocycles. The first-order valence-electron chi connectivity index (χ1n) is 9.21. The summed E-state index contributed by atoms with van der Waals surface area (Å²) < 4.78 is 0. The van der Waals surface area contributed by atoms with Crippen LogP contribution < -0.4 is 10.6 Å². The Labute approximate surface area is 169 Å². The topological polar surface area (TPSA) is 56.7 Å². The summed E-state index contributed by atoms with van der Waals surface area (Å²) in [5.74, 6) is 0.874. The van der Waals surface area contributed by atoms with Crippen molar-refractivity contribution < 1.29 is 5.11 Å². The zero-order valence-corrected chi connectivity index (χ0v) is 18.3. The summed E-state index contributed by atoms with van der Waals surface area (Å²) in [6, 6.07) is 9.16. The fraction of sp³-hybridized carbons (Fsp3) is 0.650. The monoisotopic (exact) mass is 459 g/mol. The molecule has 0 spiro atoms. The van der Waals surface area contributed by atoms with Gasteiger partial charge in [0.15, 0.2) is 5.96 Å². The van der Waals surface area contributed by atoms with Crippen molar-refractivity contribution in [3.05, 3.63) is 35.4 Å². The molecule has 1 fully saturated rings. The third-order valence-corrected chi connectivity index (χ3v) is 4.62. The van der Waals surface area contributed by atoms with E-state index in [-0.39, 0.29) is 35.5 Å². The van der Waals surface area contributed by atoms with Crippen LogP contribution in [0.5, 0.6) is 0 Å². The van der Waals surface area contributed by atoms with Crippen molar-refractivity contribution in [2.24, 2.45) is 4.99 Å². The molecule has 0 atom stereocenters. The zero-order chi connectivity index (χ0) is 17.6. The maximum Gasteiger partial charge on any atom is 0.191 e. The van der Waals surface area contributed by atoms with E-state index >= 15 is 0 Å². The molecule has 1 aliphatic rings. The molecule has 3 N–H and O–H groups in total. The molecule has 0 heterocycles. The molecule has 142 valence electrons. The van der Waals surface area contributed by atoms with Crippen LogP contribution in [0.1, 0.15) is 64.5 Å². The first-order valence-corrected chi connectivity index (χ1v) is 9.21. The van der Waals surface area contributed by atoms with Gasteiger partial charge < -0.3 is 15.7 Å². The molecular formula is C20H34IN3O. The second-order valence-corrected chi connectivity index (χ2v) is 7.79. The summed E-state index contributed by atoms with van der Waals surface area (Å²) in [6.07, 6.45) is 3.65. The van der Waals surface area contributed by atoms with Crippen LogP contribution in [0.2, 0.25) is 0 Å². The molecule has 0 bridgehead atoms. The number of guanidine groups is 1. The van der Waals surface area contributed by atoms with Crippen LogP contribution in [0.4, 0.5) is 0 Å². The number of nitrogens with one attached hydrogen (secondary N) is 2. The maximum absolute atomic E-state index is 9.62. The summed E-state index contributed by atoms with van der Waals surface area (Å²) >= 11 is 0. The van der Waals surface area contributed by atoms with Gasteiger partial charge in [0.25, 0.3) is 0 Å². The highest BCUT2D eigenvalue weighted by molar-refractivity contribution is 14.0. The second kappa shape index (κ2) is 10.4. The summed E-state index contributed by atoms with van der Waals surface area (Å²) in [4.78, 5) is 4.72. The predicted molar refractivity (Wildman–Crippen MR) is 117 cm³/mol. The highest BCUT2D eigenvalue weighted by Gasteiger charge is 2.20. The van der Waals surface area contributed by atoms with Gasteiger partial charge in [0.1, 0.15) is 0 Å². The van der Waals surface area contributed by atoms with Gasteiger partial charge in [0, 0.05) is 12.6 Å². The minimum atomic E-state index is -0.121. The van der Waals surface area contributed by atoms with E-state index < -0.39 is 0 Å². The average molecular weight is 459 g/mol. The van der Waals surface area contributed by atoms with Crippen molar-refractivity contribution in [1.82, 2.24) is 10.6 Å². The lowest BCUT2D eigenvalue weighted by molar-refractivity contribution is 0.120. The van der Waals surface area contributed by atoms with Crippen LogP contribution in [-0.2, 0) is 12.0 Å². The van der Waals surface area contributed by atoms with E-state index in [2.05, 4.69) is 62.6 Å². The highest BCUT2D eigenvalue weighted by Crippen LogP contribution is 2.22. The van der Waals surface area contributed by atoms with E-state index in [1.165, 1.54) is 11.1 Å². The van der Waals surface area contributed by atoms with Gasteiger partial charge in [-0.25, -0.2) is 4.99 Å². The zero-order valence-electron chi connectivity index (χ0n) is 16.0. The van der Waals surface area contributed by atoms with Crippen molar-refractivity contribution in [2.75, 3.05) is 6.54 Å². The minimum Gasteiger partial charge on any atom is -0.393 e. The molecule has 2 rings (SSSR count). The van der Waals surface area contributed by atoms with E-state index in [1.807, 2.05) is 0 Å². The molecule has 25 heavy (non-hydrogen) atoms. The Morgan fingerprint density at radius 1 is 1.12 bits per heavy atom. The molecule has 1 aromatic rings. The van der Waals surface area contributed by atoms with Crippen LogP contribution in [0, 0.1) is 0 Å². The molecule has 1 aromatic carbocycles. The molecule has 4 nitrogen and oxygen atoms in total. The van der Waals surface area contributed by atoms with Crippen molar-refractivity contribution in [2.45, 2.75) is 77.5 Å². The van der Waals surface area contributed by atoms with Crippen LogP contribution >= 0.6 is 24.0 Å². The Kier molecular flexibility index (Phi) is 9.21. The number of rotatable bonds is 4. The Bertz CT molecular complexity index is 529. The lowest BCUT2D eigenvalue weighted by Crippen LogP contribution is -2.45. The van der Waals surface area contributed by atoms with Gasteiger partial charge in [0.05, 0.1) is 12.6 Å². The van der Waals surface area contributed by atoms with Gasteiger partial charge in [-0.1, -0.05) is 45.0 Å². The number of nitrogens with zero attached hydrogens (tertiary/aromatic N) is 1. The van der Waals surface area contributed by atoms with Gasteiger partial charge in [-0.05, 0) is 49.1 Å². The van der Waals surface area contributed by atoms with Crippen molar-refractivity contribution in [3.63, 3.8) is 0 Å². The van der Waals surface area contributed by atoms with E-state index in [9.17, 15) is 5.11 Å². The molecule has 0 unspecified atom stereocenters. The fourth-order valence-corrected chi connectivity index (χ4v) is 3.01. The predicted octanol–water partition coefficient (Wildman–Crippen LogP) is 3.96. The Morgan fingerprint density at radius 2 is 1.72 bits per heavy atom. The molecular weight excluding hydrogens is 425 g/mol. The van der Waals surface area contributed by atoms with Crippen LogP contribution in [-0.4, -0.2) is 29.8 Å². The molecule has 5 heteroatoms.